The Morgan fingerprint density at radius 1 is 1.50 bits per heavy atom. The van der Waals surface area contributed by atoms with Crippen LogP contribution in [-0.2, 0) is 6.42 Å². The van der Waals surface area contributed by atoms with Crippen LogP contribution < -0.4 is 5.32 Å². The first-order valence-corrected chi connectivity index (χ1v) is 7.91. The lowest BCUT2D eigenvalue weighted by Crippen LogP contribution is -2.15. The van der Waals surface area contributed by atoms with Gasteiger partial charge in [-0.2, -0.15) is 0 Å². The van der Waals surface area contributed by atoms with E-state index in [2.05, 4.69) is 44.2 Å². The van der Waals surface area contributed by atoms with E-state index in [1.165, 1.54) is 32.6 Å². The number of halogens is 1. The molecule has 0 saturated carbocycles. The minimum absolute atomic E-state index is 0.427. The van der Waals surface area contributed by atoms with Gasteiger partial charge in [-0.25, -0.2) is 0 Å². The molecule has 0 bridgehead atoms. The van der Waals surface area contributed by atoms with Gasteiger partial charge in [0.25, 0.3) is 0 Å². The first-order chi connectivity index (χ1) is 7.83. The summed E-state index contributed by atoms with van der Waals surface area (Å²) >= 11 is 5.89. The van der Waals surface area contributed by atoms with Crippen LogP contribution in [0.2, 0.25) is 0 Å². The monoisotopic (exact) mass is 363 g/mol. The third-order valence-corrected chi connectivity index (χ3v) is 5.33. The Hall–Kier alpha value is -0.210. The molecule has 0 saturated heterocycles. The number of fused-ring (bicyclic) bond motifs is 1. The van der Waals surface area contributed by atoms with Crippen molar-refractivity contribution in [2.45, 2.75) is 25.3 Å². The summed E-state index contributed by atoms with van der Waals surface area (Å²) in [6.07, 6.45) is 3.69. The maximum Gasteiger partial charge on any atom is 0.205 e. The second-order valence-corrected chi connectivity index (χ2v) is 7.63. The van der Waals surface area contributed by atoms with Crippen LogP contribution >= 0.6 is 45.3 Å². The van der Waals surface area contributed by atoms with E-state index in [1.54, 1.807) is 16.8 Å². The second kappa shape index (κ2) is 4.58. The summed E-state index contributed by atoms with van der Waals surface area (Å²) < 4.78 is 1.38. The SMILES string of the molecule is Ic1cc2c(s1)CCCC2Nc1nncs1. The van der Waals surface area contributed by atoms with Gasteiger partial charge in [-0.1, -0.05) is 11.3 Å². The molecule has 0 radical (unpaired) electrons. The van der Waals surface area contributed by atoms with Gasteiger partial charge in [0, 0.05) is 4.88 Å². The van der Waals surface area contributed by atoms with Gasteiger partial charge in [0.2, 0.25) is 5.13 Å². The van der Waals surface area contributed by atoms with Crippen LogP contribution in [0, 0.1) is 2.88 Å². The summed E-state index contributed by atoms with van der Waals surface area (Å²) in [7, 11) is 0. The predicted octanol–water partition coefficient (Wildman–Crippen LogP) is 3.69. The zero-order valence-electron chi connectivity index (χ0n) is 8.44. The Morgan fingerprint density at radius 3 is 3.25 bits per heavy atom. The second-order valence-electron chi connectivity index (χ2n) is 3.76. The van der Waals surface area contributed by atoms with Crippen molar-refractivity contribution in [3.8, 4) is 0 Å². The highest BCUT2D eigenvalue weighted by Gasteiger charge is 2.23. The van der Waals surface area contributed by atoms with E-state index in [-0.39, 0.29) is 0 Å². The lowest BCUT2D eigenvalue weighted by molar-refractivity contribution is 0.607. The number of hydrogen-bond donors (Lipinski definition) is 1. The van der Waals surface area contributed by atoms with Crippen LogP contribution in [0.25, 0.3) is 0 Å². The summed E-state index contributed by atoms with van der Waals surface area (Å²) in [5, 5.41) is 12.3. The molecule has 1 atom stereocenters. The molecule has 16 heavy (non-hydrogen) atoms. The number of nitrogens with zero attached hydrogens (tertiary/aromatic N) is 2. The molecule has 0 fully saturated rings. The third kappa shape index (κ3) is 2.10. The summed E-state index contributed by atoms with van der Waals surface area (Å²) in [5.41, 5.74) is 3.24. The molecule has 1 N–H and O–H groups in total. The number of anilines is 1. The van der Waals surface area contributed by atoms with Gasteiger partial charge >= 0.3 is 0 Å². The van der Waals surface area contributed by atoms with E-state index in [1.807, 2.05) is 11.3 Å². The van der Waals surface area contributed by atoms with E-state index in [4.69, 9.17) is 0 Å². The molecule has 0 aromatic carbocycles. The van der Waals surface area contributed by atoms with E-state index < -0.39 is 0 Å². The van der Waals surface area contributed by atoms with Crippen molar-refractivity contribution < 1.29 is 0 Å². The topological polar surface area (TPSA) is 37.8 Å². The fourth-order valence-electron chi connectivity index (χ4n) is 2.06. The number of aromatic nitrogens is 2. The third-order valence-electron chi connectivity index (χ3n) is 2.74. The van der Waals surface area contributed by atoms with Gasteiger partial charge in [0.05, 0.1) is 8.93 Å². The fourth-order valence-corrected chi connectivity index (χ4v) is 4.67. The number of rotatable bonds is 2. The van der Waals surface area contributed by atoms with E-state index in [9.17, 15) is 0 Å². The maximum atomic E-state index is 4.05. The molecule has 1 aliphatic carbocycles. The first-order valence-electron chi connectivity index (χ1n) is 5.14. The van der Waals surface area contributed by atoms with Crippen molar-refractivity contribution >= 4 is 50.4 Å². The fraction of sp³-hybridized carbons (Fsp3) is 0.400. The molecule has 3 nitrogen and oxygen atoms in total. The van der Waals surface area contributed by atoms with Crippen LogP contribution in [-0.4, -0.2) is 10.2 Å². The van der Waals surface area contributed by atoms with Gasteiger partial charge < -0.3 is 5.32 Å². The number of hydrogen-bond acceptors (Lipinski definition) is 5. The van der Waals surface area contributed by atoms with Gasteiger partial charge in [0.15, 0.2) is 0 Å². The lowest BCUT2D eigenvalue weighted by Gasteiger charge is -2.22. The first kappa shape index (κ1) is 10.9. The Labute approximate surface area is 115 Å². The van der Waals surface area contributed by atoms with E-state index in [0.717, 1.165) is 5.13 Å². The Balaban J connectivity index is 1.87. The Bertz CT molecular complexity index is 480. The minimum Gasteiger partial charge on any atom is -0.353 e. The number of nitrogens with one attached hydrogen (secondary N) is 1. The van der Waals surface area contributed by atoms with E-state index in [0.29, 0.717) is 6.04 Å². The molecule has 2 heterocycles. The molecule has 3 rings (SSSR count). The molecular formula is C10H10IN3S2. The molecule has 0 spiro atoms. The molecule has 1 aliphatic rings. The molecule has 2 aromatic rings. The molecule has 0 aliphatic heterocycles. The van der Waals surface area contributed by atoms with Gasteiger partial charge in [-0.15, -0.1) is 21.5 Å². The normalized spacial score (nSPS) is 19.4. The smallest absolute Gasteiger partial charge is 0.205 e. The van der Waals surface area contributed by atoms with Gasteiger partial charge in [-0.3, -0.25) is 0 Å². The average molecular weight is 363 g/mol. The standard InChI is InChI=1S/C10H10IN3S2/c11-9-4-6-7(2-1-3-8(6)16-9)13-10-14-12-5-15-10/h4-5,7H,1-3H2,(H,13,14). The molecule has 6 heteroatoms. The summed E-state index contributed by atoms with van der Waals surface area (Å²) in [6.45, 7) is 0. The van der Waals surface area contributed by atoms with Gasteiger partial charge in [-0.05, 0) is 53.5 Å². The average Bonchev–Trinajstić information content (AvgIpc) is 2.86. The van der Waals surface area contributed by atoms with Crippen molar-refractivity contribution in [1.82, 2.24) is 10.2 Å². The Kier molecular flexibility index (Phi) is 3.12. The number of thiophene rings is 1. The molecule has 84 valence electrons. The van der Waals surface area contributed by atoms with Crippen LogP contribution in [0.3, 0.4) is 0 Å². The lowest BCUT2D eigenvalue weighted by atomic mass is 9.94. The summed E-state index contributed by atoms with van der Waals surface area (Å²) in [6, 6.07) is 2.73. The van der Waals surface area contributed by atoms with Crippen LogP contribution in [0.1, 0.15) is 29.3 Å². The summed E-state index contributed by atoms with van der Waals surface area (Å²) in [5.74, 6) is 0. The van der Waals surface area contributed by atoms with Crippen molar-refractivity contribution in [2.75, 3.05) is 5.32 Å². The van der Waals surface area contributed by atoms with Crippen molar-refractivity contribution in [3.05, 3.63) is 24.9 Å². The van der Waals surface area contributed by atoms with E-state index >= 15 is 0 Å². The summed E-state index contributed by atoms with van der Waals surface area (Å²) in [4.78, 5) is 1.54. The zero-order chi connectivity index (χ0) is 11.0. The van der Waals surface area contributed by atoms with Crippen molar-refractivity contribution in [2.24, 2.45) is 0 Å². The molecule has 2 aromatic heterocycles. The highest BCUT2D eigenvalue weighted by Crippen LogP contribution is 2.38. The Morgan fingerprint density at radius 2 is 2.44 bits per heavy atom. The number of aryl methyl sites for hydroxylation is 1. The van der Waals surface area contributed by atoms with Crippen LogP contribution in [0.15, 0.2) is 11.6 Å². The molecular weight excluding hydrogens is 353 g/mol. The largest absolute Gasteiger partial charge is 0.353 e. The van der Waals surface area contributed by atoms with Crippen LogP contribution in [0.5, 0.6) is 0 Å². The van der Waals surface area contributed by atoms with Crippen molar-refractivity contribution in [1.29, 1.82) is 0 Å². The van der Waals surface area contributed by atoms with Gasteiger partial charge in [0.1, 0.15) is 5.51 Å². The highest BCUT2D eigenvalue weighted by atomic mass is 127. The molecule has 0 amide bonds. The quantitative estimate of drug-likeness (QED) is 0.827. The zero-order valence-corrected chi connectivity index (χ0v) is 12.2. The maximum absolute atomic E-state index is 4.05. The van der Waals surface area contributed by atoms with Crippen LogP contribution in [0.4, 0.5) is 5.13 Å². The molecule has 1 unspecified atom stereocenters. The highest BCUT2D eigenvalue weighted by molar-refractivity contribution is 14.1. The minimum atomic E-state index is 0.427. The van der Waals surface area contributed by atoms with Crippen molar-refractivity contribution in [3.63, 3.8) is 0 Å². The predicted molar refractivity (Wildman–Crippen MR) is 76.2 cm³/mol.